The lowest BCUT2D eigenvalue weighted by Gasteiger charge is -2.04. The van der Waals surface area contributed by atoms with Gasteiger partial charge in [0.15, 0.2) is 0 Å². The third-order valence-electron chi connectivity index (χ3n) is 3.60. The average molecular weight is 283 g/mol. The molecule has 0 radical (unpaired) electrons. The summed E-state index contributed by atoms with van der Waals surface area (Å²) in [7, 11) is 1.86. The Bertz CT molecular complexity index is 711. The minimum Gasteiger partial charge on any atom is -0.319 e. The van der Waals surface area contributed by atoms with Crippen LogP contribution >= 0.6 is 0 Å². The molecule has 1 N–H and O–H groups in total. The number of nitrogens with zero attached hydrogens (tertiary/aromatic N) is 2. The van der Waals surface area contributed by atoms with Crippen molar-refractivity contribution in [3.63, 3.8) is 0 Å². The Labute approximate surface area is 125 Å². The molecule has 4 heteroatoms. The van der Waals surface area contributed by atoms with Crippen LogP contribution in [0, 0.1) is 27.7 Å². The van der Waals surface area contributed by atoms with Gasteiger partial charge >= 0.3 is 0 Å². The fraction of sp³-hybridized carbons (Fsp3) is 0.294. The summed E-state index contributed by atoms with van der Waals surface area (Å²) >= 11 is 0. The van der Waals surface area contributed by atoms with Gasteiger partial charge in [-0.05, 0) is 44.9 Å². The van der Waals surface area contributed by atoms with Crippen LogP contribution in [-0.2, 0) is 11.8 Å². The molecule has 2 rings (SSSR count). The average Bonchev–Trinajstić information content (AvgIpc) is 2.64. The Hall–Kier alpha value is -2.36. The lowest BCUT2D eigenvalue weighted by Crippen LogP contribution is -2.09. The van der Waals surface area contributed by atoms with Crippen LogP contribution in [0.2, 0.25) is 0 Å². The van der Waals surface area contributed by atoms with Gasteiger partial charge in [-0.25, -0.2) is 0 Å². The molecule has 0 aliphatic rings. The molecule has 1 heterocycles. The van der Waals surface area contributed by atoms with E-state index in [1.54, 1.807) is 10.8 Å². The van der Waals surface area contributed by atoms with Gasteiger partial charge in [0.05, 0.1) is 17.1 Å². The fourth-order valence-electron chi connectivity index (χ4n) is 2.30. The van der Waals surface area contributed by atoms with Crippen molar-refractivity contribution in [1.82, 2.24) is 9.78 Å². The maximum atomic E-state index is 12.0. The zero-order valence-electron chi connectivity index (χ0n) is 13.2. The van der Waals surface area contributed by atoms with E-state index in [1.165, 1.54) is 5.56 Å². The van der Waals surface area contributed by atoms with Crippen molar-refractivity contribution in [2.75, 3.05) is 5.32 Å². The molecule has 1 aromatic carbocycles. The van der Waals surface area contributed by atoms with Gasteiger partial charge in [-0.1, -0.05) is 23.8 Å². The number of carbonyl (C=O) groups excluding carboxylic acids is 1. The summed E-state index contributed by atoms with van der Waals surface area (Å²) in [6, 6.07) is 6.17. The van der Waals surface area contributed by atoms with Crippen molar-refractivity contribution in [1.29, 1.82) is 0 Å². The van der Waals surface area contributed by atoms with E-state index >= 15 is 0 Å². The van der Waals surface area contributed by atoms with Gasteiger partial charge < -0.3 is 5.32 Å². The number of hydrogen-bond donors (Lipinski definition) is 1. The molecule has 21 heavy (non-hydrogen) atoms. The fourth-order valence-corrected chi connectivity index (χ4v) is 2.30. The van der Waals surface area contributed by atoms with Crippen molar-refractivity contribution >= 4 is 17.7 Å². The number of rotatable bonds is 3. The van der Waals surface area contributed by atoms with E-state index in [-0.39, 0.29) is 5.91 Å². The molecule has 0 saturated carbocycles. The highest BCUT2D eigenvalue weighted by Crippen LogP contribution is 2.18. The van der Waals surface area contributed by atoms with Crippen molar-refractivity contribution < 1.29 is 4.79 Å². The number of anilines is 1. The molecule has 0 atom stereocenters. The van der Waals surface area contributed by atoms with Gasteiger partial charge in [-0.3, -0.25) is 9.48 Å². The second-order valence-electron chi connectivity index (χ2n) is 5.35. The van der Waals surface area contributed by atoms with Gasteiger partial charge in [0.1, 0.15) is 0 Å². The summed E-state index contributed by atoms with van der Waals surface area (Å²) in [6.07, 6.45) is 3.40. The maximum absolute atomic E-state index is 12.0. The van der Waals surface area contributed by atoms with E-state index in [0.717, 1.165) is 28.2 Å². The predicted molar refractivity (Wildman–Crippen MR) is 86.3 cm³/mol. The van der Waals surface area contributed by atoms with Gasteiger partial charge in [0.2, 0.25) is 5.91 Å². The standard InChI is InChI=1S/C17H21N3O/c1-11-6-7-15(12(2)10-11)8-9-16(21)18-17-13(3)19-20(5)14(17)4/h6-10H,1-5H3,(H,18,21)/b9-8+. The number of amides is 1. The molecule has 0 unspecified atom stereocenters. The Balaban J connectivity index is 2.13. The molecule has 0 aliphatic carbocycles. The molecule has 1 amide bonds. The zero-order valence-corrected chi connectivity index (χ0v) is 13.2. The van der Waals surface area contributed by atoms with E-state index in [4.69, 9.17) is 0 Å². The molecule has 0 spiro atoms. The first-order valence-electron chi connectivity index (χ1n) is 6.95. The topological polar surface area (TPSA) is 46.9 Å². The zero-order chi connectivity index (χ0) is 15.6. The molecule has 2 aromatic rings. The SMILES string of the molecule is Cc1ccc(/C=C/C(=O)Nc2c(C)nn(C)c2C)c(C)c1. The number of hydrogen-bond acceptors (Lipinski definition) is 2. The van der Waals surface area contributed by atoms with Crippen molar-refractivity contribution in [3.05, 3.63) is 52.4 Å². The Morgan fingerprint density at radius 3 is 2.52 bits per heavy atom. The van der Waals surface area contributed by atoms with Crippen LogP contribution in [0.25, 0.3) is 6.08 Å². The second kappa shape index (κ2) is 5.95. The van der Waals surface area contributed by atoms with E-state index in [1.807, 2.05) is 46.0 Å². The first-order valence-corrected chi connectivity index (χ1v) is 6.95. The molecule has 0 fully saturated rings. The molecule has 0 bridgehead atoms. The van der Waals surface area contributed by atoms with Gasteiger partial charge in [0.25, 0.3) is 0 Å². The highest BCUT2D eigenvalue weighted by atomic mass is 16.1. The minimum atomic E-state index is -0.144. The van der Waals surface area contributed by atoms with E-state index in [9.17, 15) is 4.79 Å². The molecule has 0 aliphatic heterocycles. The number of aromatic nitrogens is 2. The van der Waals surface area contributed by atoms with Gasteiger partial charge in [-0.15, -0.1) is 0 Å². The van der Waals surface area contributed by atoms with E-state index in [2.05, 4.69) is 23.4 Å². The lowest BCUT2D eigenvalue weighted by molar-refractivity contribution is -0.111. The molecule has 4 nitrogen and oxygen atoms in total. The first-order chi connectivity index (χ1) is 9.88. The van der Waals surface area contributed by atoms with Crippen LogP contribution in [0.15, 0.2) is 24.3 Å². The number of aryl methyl sites for hydroxylation is 4. The molecule has 0 saturated heterocycles. The lowest BCUT2D eigenvalue weighted by atomic mass is 10.1. The van der Waals surface area contributed by atoms with Crippen LogP contribution in [0.3, 0.4) is 0 Å². The van der Waals surface area contributed by atoms with Crippen molar-refractivity contribution in [3.8, 4) is 0 Å². The smallest absolute Gasteiger partial charge is 0.248 e. The third-order valence-corrected chi connectivity index (χ3v) is 3.60. The molecule has 1 aromatic heterocycles. The maximum Gasteiger partial charge on any atom is 0.248 e. The third kappa shape index (κ3) is 3.40. The summed E-state index contributed by atoms with van der Waals surface area (Å²) in [5, 5.41) is 7.17. The Morgan fingerprint density at radius 2 is 1.95 bits per heavy atom. The number of benzene rings is 1. The molecular formula is C17H21N3O. The summed E-state index contributed by atoms with van der Waals surface area (Å²) < 4.78 is 1.76. The summed E-state index contributed by atoms with van der Waals surface area (Å²) in [5.41, 5.74) is 5.98. The van der Waals surface area contributed by atoms with Crippen LogP contribution in [0.5, 0.6) is 0 Å². The summed E-state index contributed by atoms with van der Waals surface area (Å²) in [6.45, 7) is 7.92. The van der Waals surface area contributed by atoms with Crippen LogP contribution < -0.4 is 5.32 Å². The normalized spacial score (nSPS) is 11.1. The van der Waals surface area contributed by atoms with Crippen LogP contribution in [-0.4, -0.2) is 15.7 Å². The Kier molecular flexibility index (Phi) is 4.26. The Morgan fingerprint density at radius 1 is 1.24 bits per heavy atom. The highest BCUT2D eigenvalue weighted by molar-refractivity contribution is 6.02. The molecular weight excluding hydrogens is 262 g/mol. The van der Waals surface area contributed by atoms with Crippen molar-refractivity contribution in [2.45, 2.75) is 27.7 Å². The highest BCUT2D eigenvalue weighted by Gasteiger charge is 2.10. The quantitative estimate of drug-likeness (QED) is 0.878. The van der Waals surface area contributed by atoms with Crippen LogP contribution in [0.4, 0.5) is 5.69 Å². The predicted octanol–water partition coefficient (Wildman–Crippen LogP) is 3.31. The number of carbonyl (C=O) groups is 1. The molecule has 110 valence electrons. The van der Waals surface area contributed by atoms with Gasteiger partial charge in [-0.2, -0.15) is 5.10 Å². The minimum absolute atomic E-state index is 0.144. The largest absolute Gasteiger partial charge is 0.319 e. The van der Waals surface area contributed by atoms with E-state index in [0.29, 0.717) is 0 Å². The second-order valence-corrected chi connectivity index (χ2v) is 5.35. The van der Waals surface area contributed by atoms with Gasteiger partial charge in [0, 0.05) is 13.1 Å². The van der Waals surface area contributed by atoms with Crippen LogP contribution in [0.1, 0.15) is 28.1 Å². The number of nitrogens with one attached hydrogen (secondary N) is 1. The van der Waals surface area contributed by atoms with E-state index < -0.39 is 0 Å². The monoisotopic (exact) mass is 283 g/mol. The first kappa shape index (κ1) is 15.0. The summed E-state index contributed by atoms with van der Waals surface area (Å²) in [5.74, 6) is -0.144. The summed E-state index contributed by atoms with van der Waals surface area (Å²) in [4.78, 5) is 12.0. The van der Waals surface area contributed by atoms with Crippen molar-refractivity contribution in [2.24, 2.45) is 7.05 Å².